The molecule has 0 aliphatic carbocycles. The number of aromatic nitrogens is 1. The van der Waals surface area contributed by atoms with Crippen LogP contribution in [0.2, 0.25) is 0 Å². The molecule has 1 aromatic rings. The van der Waals surface area contributed by atoms with Gasteiger partial charge >= 0.3 is 5.97 Å². The number of aromatic hydroxyl groups is 1. The Morgan fingerprint density at radius 3 is 2.67 bits per heavy atom. The van der Waals surface area contributed by atoms with Crippen LogP contribution in [-0.2, 0) is 9.53 Å². The zero-order valence-corrected chi connectivity index (χ0v) is 8.27. The summed E-state index contributed by atoms with van der Waals surface area (Å²) in [6.07, 6.45) is 1.41. The average molecular weight is 209 g/mol. The van der Waals surface area contributed by atoms with Gasteiger partial charge in [-0.05, 0) is 6.07 Å². The highest BCUT2D eigenvalue weighted by Crippen LogP contribution is 2.08. The van der Waals surface area contributed by atoms with Crippen LogP contribution in [0, 0.1) is 0 Å². The van der Waals surface area contributed by atoms with Gasteiger partial charge in [0.05, 0.1) is 13.5 Å². The summed E-state index contributed by atoms with van der Waals surface area (Å²) >= 11 is 0. The fourth-order valence-corrected chi connectivity index (χ4v) is 1.01. The Morgan fingerprint density at radius 1 is 1.40 bits per heavy atom. The minimum absolute atomic E-state index is 0.0518. The molecule has 5 heteroatoms. The minimum Gasteiger partial charge on any atom is -0.493 e. The number of esters is 1. The summed E-state index contributed by atoms with van der Waals surface area (Å²) in [5, 5.41) is 8.90. The number of Topliss-reactive ketones (excluding diaryl/α,β-unsaturated/α-hetero) is 1. The molecule has 0 radical (unpaired) electrons. The van der Waals surface area contributed by atoms with Crippen molar-refractivity contribution >= 4 is 11.8 Å². The molecule has 0 spiro atoms. The van der Waals surface area contributed by atoms with E-state index in [1.165, 1.54) is 25.4 Å². The fourth-order valence-electron chi connectivity index (χ4n) is 1.01. The summed E-state index contributed by atoms with van der Waals surface area (Å²) in [6.45, 7) is 0. The topological polar surface area (TPSA) is 76.5 Å². The fraction of sp³-hybridized carbons (Fsp3) is 0.300. The van der Waals surface area contributed by atoms with Crippen molar-refractivity contribution in [2.45, 2.75) is 12.8 Å². The average Bonchev–Trinajstić information content (AvgIpc) is 2.26. The van der Waals surface area contributed by atoms with Crippen LogP contribution in [0.4, 0.5) is 0 Å². The number of pyridine rings is 1. The van der Waals surface area contributed by atoms with E-state index in [-0.39, 0.29) is 24.5 Å². The lowest BCUT2D eigenvalue weighted by Crippen LogP contribution is -2.06. The van der Waals surface area contributed by atoms with Crippen molar-refractivity contribution < 1.29 is 19.4 Å². The second-order valence-electron chi connectivity index (χ2n) is 2.90. The standard InChI is InChI=1S/C10H11NO4/c1-15-10(14)5-3-8(12)7-2-4-9(13)11-6-7/h2,4,6H,3,5H2,1H3,(H,11,13). The van der Waals surface area contributed by atoms with Crippen molar-refractivity contribution in [3.8, 4) is 5.88 Å². The normalized spacial score (nSPS) is 9.67. The molecule has 0 aromatic carbocycles. The van der Waals surface area contributed by atoms with Gasteiger partial charge in [-0.1, -0.05) is 0 Å². The largest absolute Gasteiger partial charge is 0.493 e. The maximum Gasteiger partial charge on any atom is 0.305 e. The summed E-state index contributed by atoms with van der Waals surface area (Å²) in [7, 11) is 1.27. The van der Waals surface area contributed by atoms with Gasteiger partial charge in [0.25, 0.3) is 0 Å². The van der Waals surface area contributed by atoms with Gasteiger partial charge in [-0.2, -0.15) is 0 Å². The van der Waals surface area contributed by atoms with E-state index < -0.39 is 5.97 Å². The molecule has 5 nitrogen and oxygen atoms in total. The van der Waals surface area contributed by atoms with Gasteiger partial charge in [-0.3, -0.25) is 9.59 Å². The molecule has 15 heavy (non-hydrogen) atoms. The van der Waals surface area contributed by atoms with E-state index in [0.29, 0.717) is 5.56 Å². The summed E-state index contributed by atoms with van der Waals surface area (Å²) in [5.41, 5.74) is 0.372. The molecule has 0 saturated carbocycles. The first-order valence-corrected chi connectivity index (χ1v) is 4.38. The molecule has 1 N–H and O–H groups in total. The Balaban J connectivity index is 2.54. The molecule has 1 heterocycles. The molecule has 0 amide bonds. The van der Waals surface area contributed by atoms with E-state index >= 15 is 0 Å². The molecule has 1 rings (SSSR count). The predicted molar refractivity (Wildman–Crippen MR) is 51.5 cm³/mol. The number of ketones is 1. The SMILES string of the molecule is COC(=O)CCC(=O)c1ccc(O)nc1. The number of rotatable bonds is 4. The first-order valence-electron chi connectivity index (χ1n) is 4.38. The minimum atomic E-state index is -0.421. The molecule has 0 atom stereocenters. The highest BCUT2D eigenvalue weighted by Gasteiger charge is 2.09. The summed E-state index contributed by atoms with van der Waals surface area (Å²) in [6, 6.07) is 2.79. The van der Waals surface area contributed by atoms with Crippen LogP contribution in [0.1, 0.15) is 23.2 Å². The van der Waals surface area contributed by atoms with Crippen LogP contribution in [0.15, 0.2) is 18.3 Å². The predicted octanol–water partition coefficient (Wildman–Crippen LogP) is 0.923. The Hall–Kier alpha value is -1.91. The van der Waals surface area contributed by atoms with Crippen molar-refractivity contribution in [3.05, 3.63) is 23.9 Å². The molecule has 80 valence electrons. The van der Waals surface area contributed by atoms with Crippen LogP contribution in [-0.4, -0.2) is 29.0 Å². The molecule has 1 aromatic heterocycles. The molecular formula is C10H11NO4. The van der Waals surface area contributed by atoms with E-state index in [2.05, 4.69) is 9.72 Å². The van der Waals surface area contributed by atoms with E-state index in [1.807, 2.05) is 0 Å². The third-order valence-electron chi connectivity index (χ3n) is 1.85. The van der Waals surface area contributed by atoms with E-state index in [9.17, 15) is 9.59 Å². The maximum absolute atomic E-state index is 11.4. The second kappa shape index (κ2) is 5.09. The number of carbonyl (C=O) groups excluding carboxylic acids is 2. The lowest BCUT2D eigenvalue weighted by molar-refractivity contribution is -0.140. The molecule has 0 aliphatic heterocycles. The summed E-state index contributed by atoms with van der Waals surface area (Å²) in [5.74, 6) is -0.762. The lowest BCUT2D eigenvalue weighted by atomic mass is 10.1. The first-order chi connectivity index (χ1) is 7.13. The molecule has 0 fully saturated rings. The van der Waals surface area contributed by atoms with Crippen molar-refractivity contribution in [2.75, 3.05) is 7.11 Å². The molecular weight excluding hydrogens is 198 g/mol. The summed E-state index contributed by atoms with van der Waals surface area (Å²) < 4.78 is 4.41. The van der Waals surface area contributed by atoms with Gasteiger partial charge in [-0.25, -0.2) is 4.98 Å². The van der Waals surface area contributed by atoms with Crippen molar-refractivity contribution in [3.63, 3.8) is 0 Å². The van der Waals surface area contributed by atoms with Gasteiger partial charge in [0, 0.05) is 24.2 Å². The first kappa shape index (κ1) is 11.2. The van der Waals surface area contributed by atoms with Crippen LogP contribution in [0.5, 0.6) is 5.88 Å². The van der Waals surface area contributed by atoms with Crippen LogP contribution in [0.3, 0.4) is 0 Å². The van der Waals surface area contributed by atoms with E-state index in [4.69, 9.17) is 5.11 Å². The van der Waals surface area contributed by atoms with Crippen LogP contribution >= 0.6 is 0 Å². The highest BCUT2D eigenvalue weighted by atomic mass is 16.5. The number of hydrogen-bond acceptors (Lipinski definition) is 5. The van der Waals surface area contributed by atoms with Gasteiger partial charge < -0.3 is 9.84 Å². The molecule has 0 saturated heterocycles. The number of ether oxygens (including phenoxy) is 1. The zero-order chi connectivity index (χ0) is 11.3. The Kier molecular flexibility index (Phi) is 3.79. The third-order valence-corrected chi connectivity index (χ3v) is 1.85. The molecule has 0 unspecified atom stereocenters. The van der Waals surface area contributed by atoms with Crippen LogP contribution < -0.4 is 0 Å². The third kappa shape index (κ3) is 3.38. The second-order valence-corrected chi connectivity index (χ2v) is 2.90. The van der Waals surface area contributed by atoms with Crippen LogP contribution in [0.25, 0.3) is 0 Å². The van der Waals surface area contributed by atoms with E-state index in [1.54, 1.807) is 0 Å². The van der Waals surface area contributed by atoms with Gasteiger partial charge in [0.1, 0.15) is 0 Å². The van der Waals surface area contributed by atoms with Gasteiger partial charge in [-0.15, -0.1) is 0 Å². The molecule has 0 bridgehead atoms. The monoisotopic (exact) mass is 209 g/mol. The highest BCUT2D eigenvalue weighted by molar-refractivity contribution is 5.97. The molecule has 0 aliphatic rings. The summed E-state index contributed by atoms with van der Waals surface area (Å²) in [4.78, 5) is 25.8. The van der Waals surface area contributed by atoms with Gasteiger partial charge in [0.15, 0.2) is 5.78 Å². The number of carbonyl (C=O) groups is 2. The Labute approximate surface area is 86.7 Å². The maximum atomic E-state index is 11.4. The van der Waals surface area contributed by atoms with Gasteiger partial charge in [0.2, 0.25) is 5.88 Å². The number of nitrogens with zero attached hydrogens (tertiary/aromatic N) is 1. The van der Waals surface area contributed by atoms with Crippen molar-refractivity contribution in [2.24, 2.45) is 0 Å². The number of hydrogen-bond donors (Lipinski definition) is 1. The van der Waals surface area contributed by atoms with Crippen molar-refractivity contribution in [1.29, 1.82) is 0 Å². The van der Waals surface area contributed by atoms with E-state index in [0.717, 1.165) is 0 Å². The zero-order valence-electron chi connectivity index (χ0n) is 8.27. The Morgan fingerprint density at radius 2 is 2.13 bits per heavy atom. The smallest absolute Gasteiger partial charge is 0.305 e. The number of methoxy groups -OCH3 is 1. The van der Waals surface area contributed by atoms with Crippen molar-refractivity contribution in [1.82, 2.24) is 4.98 Å². The lowest BCUT2D eigenvalue weighted by Gasteiger charge is -1.99. The Bertz CT molecular complexity index is 358. The quantitative estimate of drug-likeness (QED) is 0.589.